The molecule has 7 heteroatoms. The molecule has 26 heavy (non-hydrogen) atoms. The number of amides is 2. The van der Waals surface area contributed by atoms with E-state index in [1.807, 2.05) is 26.0 Å². The van der Waals surface area contributed by atoms with Gasteiger partial charge in [0.2, 0.25) is 0 Å². The summed E-state index contributed by atoms with van der Waals surface area (Å²) in [5, 5.41) is -0.240. The van der Waals surface area contributed by atoms with Crippen LogP contribution in [0, 0.1) is 0 Å². The lowest BCUT2D eigenvalue weighted by Crippen LogP contribution is -2.34. The monoisotopic (exact) mass is 376 g/mol. The van der Waals surface area contributed by atoms with E-state index in [4.69, 9.17) is 9.47 Å². The zero-order valence-electron chi connectivity index (χ0n) is 15.6. The molecule has 0 aromatic heterocycles. The Labute approximate surface area is 158 Å². The zero-order valence-corrected chi connectivity index (χ0v) is 16.4. The number of hydrogen-bond acceptors (Lipinski definition) is 6. The van der Waals surface area contributed by atoms with Crippen LogP contribution in [0.25, 0.3) is 6.08 Å². The first-order chi connectivity index (χ1) is 12.5. The Balaban J connectivity index is 2.00. The molecule has 0 saturated carbocycles. The molecular formula is C19H24N2O4S. The van der Waals surface area contributed by atoms with Crippen LogP contribution in [-0.4, -0.2) is 49.4 Å². The van der Waals surface area contributed by atoms with Crippen LogP contribution in [0.5, 0.6) is 11.5 Å². The maximum atomic E-state index is 12.5. The summed E-state index contributed by atoms with van der Waals surface area (Å²) in [6.07, 6.45) is 4.04. The number of carbonyl (C=O) groups is 2. The highest BCUT2D eigenvalue weighted by atomic mass is 32.2. The Morgan fingerprint density at radius 3 is 2.27 bits per heavy atom. The van der Waals surface area contributed by atoms with Crippen LogP contribution >= 0.6 is 11.8 Å². The molecule has 1 aromatic rings. The topological polar surface area (TPSA) is 59.1 Å². The lowest BCUT2D eigenvalue weighted by molar-refractivity contribution is -0.123. The van der Waals surface area contributed by atoms with E-state index >= 15 is 0 Å². The molecule has 3 rings (SSSR count). The fourth-order valence-corrected chi connectivity index (χ4v) is 4.24. The van der Waals surface area contributed by atoms with Crippen molar-refractivity contribution in [3.63, 3.8) is 0 Å². The molecule has 6 nitrogen and oxygen atoms in total. The summed E-state index contributed by atoms with van der Waals surface area (Å²) in [6, 6.07) is 3.65. The second-order valence-corrected chi connectivity index (χ2v) is 7.60. The molecule has 0 spiro atoms. The molecule has 0 atom stereocenters. The molecule has 0 aliphatic carbocycles. The molecule has 140 valence electrons. The smallest absolute Gasteiger partial charge is 0.293 e. The Kier molecular flexibility index (Phi) is 5.46. The number of benzene rings is 1. The van der Waals surface area contributed by atoms with Crippen molar-refractivity contribution in [2.24, 2.45) is 0 Å². The minimum Gasteiger partial charge on any atom is -0.496 e. The van der Waals surface area contributed by atoms with E-state index in [0.717, 1.165) is 54.7 Å². The van der Waals surface area contributed by atoms with Gasteiger partial charge in [0.25, 0.3) is 11.1 Å². The van der Waals surface area contributed by atoms with Gasteiger partial charge in [-0.25, -0.2) is 0 Å². The third-order valence-corrected chi connectivity index (χ3v) is 5.49. The van der Waals surface area contributed by atoms with E-state index < -0.39 is 0 Å². The Bertz CT molecular complexity index is 754. The lowest BCUT2D eigenvalue weighted by atomic mass is 10.1. The molecular weight excluding hydrogens is 352 g/mol. The number of nitrogens with zero attached hydrogens (tertiary/aromatic N) is 2. The van der Waals surface area contributed by atoms with Crippen LogP contribution in [0.4, 0.5) is 10.5 Å². The quantitative estimate of drug-likeness (QED) is 0.730. The van der Waals surface area contributed by atoms with Gasteiger partial charge in [-0.1, -0.05) is 0 Å². The van der Waals surface area contributed by atoms with Crippen LogP contribution < -0.4 is 14.4 Å². The van der Waals surface area contributed by atoms with Crippen LogP contribution in [0.1, 0.15) is 32.3 Å². The van der Waals surface area contributed by atoms with Crippen LogP contribution in [0.15, 0.2) is 17.0 Å². The van der Waals surface area contributed by atoms with Crippen molar-refractivity contribution in [3.8, 4) is 11.5 Å². The van der Waals surface area contributed by atoms with Gasteiger partial charge in [0, 0.05) is 30.8 Å². The lowest BCUT2D eigenvalue weighted by Gasteiger charge is -2.22. The van der Waals surface area contributed by atoms with Crippen molar-refractivity contribution < 1.29 is 19.1 Å². The van der Waals surface area contributed by atoms with Gasteiger partial charge in [-0.3, -0.25) is 14.5 Å². The molecule has 2 amide bonds. The van der Waals surface area contributed by atoms with Crippen molar-refractivity contribution in [1.29, 1.82) is 0 Å². The Morgan fingerprint density at radius 2 is 1.73 bits per heavy atom. The second kappa shape index (κ2) is 7.61. The van der Waals surface area contributed by atoms with Crippen molar-refractivity contribution in [1.82, 2.24) is 4.90 Å². The number of imide groups is 1. The highest BCUT2D eigenvalue weighted by Crippen LogP contribution is 2.40. The predicted molar refractivity (Wildman–Crippen MR) is 104 cm³/mol. The minimum absolute atomic E-state index is 0.164. The predicted octanol–water partition coefficient (Wildman–Crippen LogP) is 3.75. The number of carbonyl (C=O) groups excluding carboxylic acids is 2. The van der Waals surface area contributed by atoms with Gasteiger partial charge >= 0.3 is 0 Å². The Morgan fingerprint density at radius 1 is 1.08 bits per heavy atom. The maximum absolute atomic E-state index is 12.5. The van der Waals surface area contributed by atoms with Crippen molar-refractivity contribution >= 4 is 34.7 Å². The highest BCUT2D eigenvalue weighted by molar-refractivity contribution is 8.18. The molecule has 2 fully saturated rings. The minimum atomic E-state index is -0.264. The summed E-state index contributed by atoms with van der Waals surface area (Å²) in [5.74, 6) is 1.13. The van der Waals surface area contributed by atoms with Gasteiger partial charge in [-0.2, -0.15) is 0 Å². The first-order valence-electron chi connectivity index (χ1n) is 8.74. The fourth-order valence-electron chi connectivity index (χ4n) is 3.29. The van der Waals surface area contributed by atoms with Crippen LogP contribution in [0.2, 0.25) is 0 Å². The molecule has 0 bridgehead atoms. The molecule has 2 saturated heterocycles. The van der Waals surface area contributed by atoms with Gasteiger partial charge in [0.1, 0.15) is 11.5 Å². The third kappa shape index (κ3) is 3.40. The van der Waals surface area contributed by atoms with E-state index in [9.17, 15) is 9.59 Å². The molecule has 0 radical (unpaired) electrons. The summed E-state index contributed by atoms with van der Waals surface area (Å²) < 4.78 is 11.1. The normalized spacial score (nSPS) is 19.2. The summed E-state index contributed by atoms with van der Waals surface area (Å²) in [7, 11) is 3.24. The number of thioether (sulfide) groups is 1. The van der Waals surface area contributed by atoms with E-state index in [0.29, 0.717) is 10.7 Å². The van der Waals surface area contributed by atoms with Crippen molar-refractivity contribution in [2.75, 3.05) is 32.2 Å². The molecule has 2 aliphatic rings. The Hall–Kier alpha value is -2.15. The van der Waals surface area contributed by atoms with E-state index in [1.165, 1.54) is 4.90 Å². The van der Waals surface area contributed by atoms with E-state index in [1.54, 1.807) is 20.3 Å². The van der Waals surface area contributed by atoms with Gasteiger partial charge in [0.05, 0.1) is 24.8 Å². The van der Waals surface area contributed by atoms with Crippen molar-refractivity contribution in [3.05, 3.63) is 22.6 Å². The number of hydrogen-bond donors (Lipinski definition) is 0. The zero-order chi connectivity index (χ0) is 18.8. The van der Waals surface area contributed by atoms with Gasteiger partial charge in [0.15, 0.2) is 0 Å². The number of methoxy groups -OCH3 is 2. The van der Waals surface area contributed by atoms with Gasteiger partial charge < -0.3 is 14.4 Å². The summed E-state index contributed by atoms with van der Waals surface area (Å²) in [6.45, 7) is 5.64. The standard InChI is InChI=1S/C19H24N2O4S/c1-12(2)21-18(22)17(26-19(21)23)10-13-9-16(25-4)14(11-15(13)24-3)20-7-5-6-8-20/h9-12H,5-8H2,1-4H3/b17-10+. The van der Waals surface area contributed by atoms with Gasteiger partial charge in [-0.15, -0.1) is 0 Å². The summed E-state index contributed by atoms with van der Waals surface area (Å²) in [5.41, 5.74) is 1.72. The average molecular weight is 376 g/mol. The molecule has 1 aromatic carbocycles. The fraction of sp³-hybridized carbons (Fsp3) is 0.474. The molecule has 0 unspecified atom stereocenters. The number of rotatable bonds is 5. The first-order valence-corrected chi connectivity index (χ1v) is 9.56. The number of ether oxygens (including phenoxy) is 2. The van der Waals surface area contributed by atoms with E-state index in [-0.39, 0.29) is 17.2 Å². The number of anilines is 1. The van der Waals surface area contributed by atoms with E-state index in [2.05, 4.69) is 4.90 Å². The van der Waals surface area contributed by atoms with Gasteiger partial charge in [-0.05, 0) is 50.6 Å². The third-order valence-electron chi connectivity index (χ3n) is 4.60. The molecule has 2 aliphatic heterocycles. The molecule has 2 heterocycles. The summed E-state index contributed by atoms with van der Waals surface area (Å²) >= 11 is 0.959. The van der Waals surface area contributed by atoms with Crippen molar-refractivity contribution in [2.45, 2.75) is 32.7 Å². The van der Waals surface area contributed by atoms with Crippen LogP contribution in [-0.2, 0) is 4.79 Å². The largest absolute Gasteiger partial charge is 0.496 e. The maximum Gasteiger partial charge on any atom is 0.293 e. The average Bonchev–Trinajstić information content (AvgIpc) is 3.23. The SMILES string of the molecule is COc1cc(N2CCCC2)c(OC)cc1/C=C1/SC(=O)N(C(C)C)C1=O. The highest BCUT2D eigenvalue weighted by Gasteiger charge is 2.37. The molecule has 0 N–H and O–H groups in total. The van der Waals surface area contributed by atoms with Crippen LogP contribution in [0.3, 0.4) is 0 Å². The first kappa shape index (κ1) is 18.6. The second-order valence-electron chi connectivity index (χ2n) is 6.61. The summed E-state index contributed by atoms with van der Waals surface area (Å²) in [4.78, 5) is 28.6.